The number of aromatic nitrogens is 2. The van der Waals surface area contributed by atoms with Crippen LogP contribution in [0.3, 0.4) is 0 Å². The molecular weight excluding hydrogens is 202 g/mol. The van der Waals surface area contributed by atoms with Gasteiger partial charge in [-0.05, 0) is 27.3 Å². The van der Waals surface area contributed by atoms with Gasteiger partial charge in [0.15, 0.2) is 0 Å². The van der Waals surface area contributed by atoms with Crippen LogP contribution in [0.2, 0.25) is 0 Å². The fraction of sp³-hybridized carbons (Fsp3) is 0.750. The topological polar surface area (TPSA) is 39.1 Å². The third-order valence-corrected chi connectivity index (χ3v) is 2.92. The summed E-state index contributed by atoms with van der Waals surface area (Å²) >= 11 is 0. The quantitative estimate of drug-likeness (QED) is 0.800. The zero-order valence-electron chi connectivity index (χ0n) is 11.0. The highest BCUT2D eigenvalue weighted by atomic mass is 16.5. The molecule has 1 aromatic heterocycles. The number of rotatable bonds is 6. The minimum Gasteiger partial charge on any atom is -0.380 e. The lowest BCUT2D eigenvalue weighted by Crippen LogP contribution is -2.17. The molecule has 1 unspecified atom stereocenters. The van der Waals surface area contributed by atoms with Gasteiger partial charge in [0, 0.05) is 24.9 Å². The SMILES string of the molecule is CCNCc1c(C)nn(CC(C)OC)c1C. The zero-order chi connectivity index (χ0) is 12.1. The maximum Gasteiger partial charge on any atom is 0.0739 e. The average molecular weight is 225 g/mol. The van der Waals surface area contributed by atoms with E-state index in [1.165, 1.54) is 11.3 Å². The molecule has 4 heteroatoms. The molecule has 0 saturated carbocycles. The second kappa shape index (κ2) is 6.01. The highest BCUT2D eigenvalue weighted by molar-refractivity contribution is 5.24. The molecule has 0 spiro atoms. The van der Waals surface area contributed by atoms with Crippen LogP contribution in [0.15, 0.2) is 0 Å². The molecule has 0 fully saturated rings. The number of ether oxygens (including phenoxy) is 1. The van der Waals surface area contributed by atoms with Crippen molar-refractivity contribution in [2.75, 3.05) is 13.7 Å². The van der Waals surface area contributed by atoms with Gasteiger partial charge in [-0.2, -0.15) is 5.10 Å². The Bertz CT molecular complexity index is 333. The first kappa shape index (κ1) is 13.2. The van der Waals surface area contributed by atoms with Gasteiger partial charge in [-0.15, -0.1) is 0 Å². The normalized spacial score (nSPS) is 13.1. The van der Waals surface area contributed by atoms with Crippen molar-refractivity contribution in [3.63, 3.8) is 0 Å². The molecule has 0 bridgehead atoms. The minimum atomic E-state index is 0.199. The molecule has 0 aromatic carbocycles. The summed E-state index contributed by atoms with van der Waals surface area (Å²) in [4.78, 5) is 0. The summed E-state index contributed by atoms with van der Waals surface area (Å²) in [5.74, 6) is 0. The fourth-order valence-corrected chi connectivity index (χ4v) is 1.74. The molecule has 16 heavy (non-hydrogen) atoms. The number of nitrogens with one attached hydrogen (secondary N) is 1. The Kier molecular flexibility index (Phi) is 4.96. The van der Waals surface area contributed by atoms with Crippen LogP contribution in [0.25, 0.3) is 0 Å². The number of aryl methyl sites for hydroxylation is 1. The lowest BCUT2D eigenvalue weighted by atomic mass is 10.2. The molecule has 0 saturated heterocycles. The van der Waals surface area contributed by atoms with E-state index in [1.807, 2.05) is 4.68 Å². The Hall–Kier alpha value is -0.870. The van der Waals surface area contributed by atoms with E-state index in [2.05, 4.69) is 38.1 Å². The molecule has 0 aliphatic rings. The van der Waals surface area contributed by atoms with Crippen molar-refractivity contribution >= 4 is 0 Å². The highest BCUT2D eigenvalue weighted by Crippen LogP contribution is 2.13. The zero-order valence-corrected chi connectivity index (χ0v) is 11.0. The highest BCUT2D eigenvalue weighted by Gasteiger charge is 2.12. The van der Waals surface area contributed by atoms with Crippen molar-refractivity contribution in [1.29, 1.82) is 0 Å². The third-order valence-electron chi connectivity index (χ3n) is 2.92. The second-order valence-electron chi connectivity index (χ2n) is 4.16. The van der Waals surface area contributed by atoms with Crippen molar-refractivity contribution in [2.45, 2.75) is 46.9 Å². The van der Waals surface area contributed by atoms with Crippen LogP contribution >= 0.6 is 0 Å². The molecule has 1 heterocycles. The van der Waals surface area contributed by atoms with Crippen LogP contribution < -0.4 is 5.32 Å². The maximum atomic E-state index is 5.26. The van der Waals surface area contributed by atoms with Gasteiger partial charge < -0.3 is 10.1 Å². The largest absolute Gasteiger partial charge is 0.380 e. The van der Waals surface area contributed by atoms with E-state index in [0.29, 0.717) is 0 Å². The van der Waals surface area contributed by atoms with Crippen molar-refractivity contribution in [1.82, 2.24) is 15.1 Å². The molecule has 0 amide bonds. The van der Waals surface area contributed by atoms with E-state index >= 15 is 0 Å². The summed E-state index contributed by atoms with van der Waals surface area (Å²) in [6.07, 6.45) is 0.199. The summed E-state index contributed by atoms with van der Waals surface area (Å²) in [5.41, 5.74) is 3.66. The van der Waals surface area contributed by atoms with Gasteiger partial charge in [-0.25, -0.2) is 0 Å². The third kappa shape index (κ3) is 3.06. The van der Waals surface area contributed by atoms with E-state index in [-0.39, 0.29) is 6.10 Å². The first-order chi connectivity index (χ1) is 7.60. The molecule has 1 rings (SSSR count). The molecule has 1 atom stereocenters. The van der Waals surface area contributed by atoms with Gasteiger partial charge in [0.1, 0.15) is 0 Å². The predicted octanol–water partition coefficient (Wildman–Crippen LogP) is 1.64. The van der Waals surface area contributed by atoms with Gasteiger partial charge in [0.2, 0.25) is 0 Å². The Labute approximate surface area is 98.0 Å². The van der Waals surface area contributed by atoms with Gasteiger partial charge in [0.25, 0.3) is 0 Å². The average Bonchev–Trinajstić information content (AvgIpc) is 2.52. The Morgan fingerprint density at radius 2 is 2.12 bits per heavy atom. The van der Waals surface area contributed by atoms with Crippen LogP contribution in [-0.2, 0) is 17.8 Å². The summed E-state index contributed by atoms with van der Waals surface area (Å²) < 4.78 is 7.30. The monoisotopic (exact) mass is 225 g/mol. The summed E-state index contributed by atoms with van der Waals surface area (Å²) in [6.45, 7) is 11.1. The van der Waals surface area contributed by atoms with Crippen LogP contribution in [0.1, 0.15) is 30.8 Å². The Morgan fingerprint density at radius 3 is 2.69 bits per heavy atom. The summed E-state index contributed by atoms with van der Waals surface area (Å²) in [5, 5.41) is 7.89. The lowest BCUT2D eigenvalue weighted by Gasteiger charge is -2.11. The van der Waals surface area contributed by atoms with Crippen molar-refractivity contribution in [3.8, 4) is 0 Å². The molecule has 4 nitrogen and oxygen atoms in total. The van der Waals surface area contributed by atoms with E-state index in [4.69, 9.17) is 4.74 Å². The molecule has 1 aromatic rings. The number of methoxy groups -OCH3 is 1. The number of nitrogens with zero attached hydrogens (tertiary/aromatic N) is 2. The fourth-order valence-electron chi connectivity index (χ4n) is 1.74. The minimum absolute atomic E-state index is 0.199. The van der Waals surface area contributed by atoms with Gasteiger partial charge in [-0.3, -0.25) is 4.68 Å². The maximum absolute atomic E-state index is 5.26. The first-order valence-corrected chi connectivity index (χ1v) is 5.86. The summed E-state index contributed by atoms with van der Waals surface area (Å²) in [6, 6.07) is 0. The lowest BCUT2D eigenvalue weighted by molar-refractivity contribution is 0.0991. The molecule has 0 aliphatic carbocycles. The predicted molar refractivity (Wildman–Crippen MR) is 65.6 cm³/mol. The Balaban J connectivity index is 2.79. The van der Waals surface area contributed by atoms with E-state index in [9.17, 15) is 0 Å². The van der Waals surface area contributed by atoms with E-state index < -0.39 is 0 Å². The van der Waals surface area contributed by atoms with Crippen molar-refractivity contribution in [3.05, 3.63) is 17.0 Å². The van der Waals surface area contributed by atoms with Crippen LogP contribution in [0.4, 0.5) is 0 Å². The smallest absolute Gasteiger partial charge is 0.0739 e. The number of hydrogen-bond acceptors (Lipinski definition) is 3. The van der Waals surface area contributed by atoms with Crippen LogP contribution in [0, 0.1) is 13.8 Å². The van der Waals surface area contributed by atoms with Crippen molar-refractivity contribution < 1.29 is 4.74 Å². The van der Waals surface area contributed by atoms with Crippen molar-refractivity contribution in [2.24, 2.45) is 0 Å². The number of hydrogen-bond donors (Lipinski definition) is 1. The molecule has 92 valence electrons. The van der Waals surface area contributed by atoms with Crippen LogP contribution in [0.5, 0.6) is 0 Å². The molecule has 0 aliphatic heterocycles. The van der Waals surface area contributed by atoms with Gasteiger partial charge >= 0.3 is 0 Å². The Morgan fingerprint density at radius 1 is 1.44 bits per heavy atom. The van der Waals surface area contributed by atoms with Crippen LogP contribution in [-0.4, -0.2) is 29.5 Å². The molecular formula is C12H23N3O. The standard InChI is InChI=1S/C12H23N3O/c1-6-13-7-12-10(3)14-15(11(12)4)8-9(2)16-5/h9,13H,6-8H2,1-5H3. The summed E-state index contributed by atoms with van der Waals surface area (Å²) in [7, 11) is 1.73. The molecule has 0 radical (unpaired) electrons. The second-order valence-corrected chi connectivity index (χ2v) is 4.16. The van der Waals surface area contributed by atoms with Gasteiger partial charge in [0.05, 0.1) is 18.3 Å². The van der Waals surface area contributed by atoms with E-state index in [1.54, 1.807) is 7.11 Å². The van der Waals surface area contributed by atoms with E-state index in [0.717, 1.165) is 25.3 Å². The van der Waals surface area contributed by atoms with Gasteiger partial charge in [-0.1, -0.05) is 6.92 Å². The molecule has 1 N–H and O–H groups in total. The first-order valence-electron chi connectivity index (χ1n) is 5.86.